The van der Waals surface area contributed by atoms with Crippen molar-refractivity contribution >= 4 is 51.3 Å². The molecule has 0 spiro atoms. The number of nitrogens with zero attached hydrogens (tertiary/aromatic N) is 2. The van der Waals surface area contributed by atoms with E-state index in [1.54, 1.807) is 12.1 Å². The highest BCUT2D eigenvalue weighted by atomic mass is 127. The molecule has 1 saturated heterocycles. The van der Waals surface area contributed by atoms with Gasteiger partial charge in [0.25, 0.3) is 0 Å². The highest BCUT2D eigenvalue weighted by molar-refractivity contribution is 14.1. The molecule has 3 nitrogen and oxygen atoms in total. The van der Waals surface area contributed by atoms with E-state index in [4.69, 9.17) is 5.73 Å². The lowest BCUT2D eigenvalue weighted by molar-refractivity contribution is 0.504. The van der Waals surface area contributed by atoms with Crippen LogP contribution in [0.5, 0.6) is 0 Å². The number of hydrogen-bond acceptors (Lipinski definition) is 3. The molecule has 0 saturated carbocycles. The highest BCUT2D eigenvalue weighted by Gasteiger charge is 2.19. The van der Waals surface area contributed by atoms with Gasteiger partial charge in [-0.2, -0.15) is 11.8 Å². The molecule has 96 valence electrons. The molecule has 1 atom stereocenters. The van der Waals surface area contributed by atoms with E-state index in [0.29, 0.717) is 15.4 Å². The Kier molecular flexibility index (Phi) is 3.40. The predicted octanol–water partition coefficient (Wildman–Crippen LogP) is 3.12. The summed E-state index contributed by atoms with van der Waals surface area (Å²) in [5.41, 5.74) is 7.54. The van der Waals surface area contributed by atoms with Gasteiger partial charge in [-0.1, -0.05) is 0 Å². The Balaban J connectivity index is 2.04. The van der Waals surface area contributed by atoms with Crippen molar-refractivity contribution in [2.75, 3.05) is 17.2 Å². The summed E-state index contributed by atoms with van der Waals surface area (Å²) in [6.45, 7) is 0.843. The largest absolute Gasteiger partial charge is 0.369 e. The van der Waals surface area contributed by atoms with E-state index >= 15 is 0 Å². The molecule has 0 amide bonds. The molecule has 18 heavy (non-hydrogen) atoms. The molecule has 1 unspecified atom stereocenters. The molecular weight excluding hydrogens is 364 g/mol. The third-order valence-corrected chi connectivity index (χ3v) is 5.34. The minimum absolute atomic E-state index is 0.204. The van der Waals surface area contributed by atoms with Crippen LogP contribution < -0.4 is 5.73 Å². The average molecular weight is 377 g/mol. The van der Waals surface area contributed by atoms with Crippen molar-refractivity contribution in [3.8, 4) is 0 Å². The first-order valence-corrected chi connectivity index (χ1v) is 8.07. The Bertz CT molecular complexity index is 593. The molecule has 2 aromatic rings. The molecule has 6 heteroatoms. The summed E-state index contributed by atoms with van der Waals surface area (Å²) in [6.07, 6.45) is 1.20. The third-order valence-electron chi connectivity index (χ3n) is 3.28. The number of aromatic nitrogens is 2. The quantitative estimate of drug-likeness (QED) is 0.818. The summed E-state index contributed by atoms with van der Waals surface area (Å²) in [6, 6.07) is 3.30. The monoisotopic (exact) mass is 377 g/mol. The summed E-state index contributed by atoms with van der Waals surface area (Å²) >= 11 is 3.95. The Hall–Kier alpha value is -0.500. The summed E-state index contributed by atoms with van der Waals surface area (Å²) < 4.78 is 16.2. The van der Waals surface area contributed by atoms with Crippen LogP contribution in [0.15, 0.2) is 12.1 Å². The normalized spacial score (nSPS) is 19.8. The van der Waals surface area contributed by atoms with E-state index in [-0.39, 0.29) is 5.82 Å². The molecule has 1 aromatic carbocycles. The van der Waals surface area contributed by atoms with E-state index < -0.39 is 0 Å². The molecule has 0 aliphatic carbocycles. The molecule has 1 aliphatic rings. The lowest BCUT2D eigenvalue weighted by atomic mass is 10.1. The van der Waals surface area contributed by atoms with Gasteiger partial charge in [0, 0.05) is 12.6 Å². The van der Waals surface area contributed by atoms with E-state index in [2.05, 4.69) is 4.98 Å². The van der Waals surface area contributed by atoms with Crippen molar-refractivity contribution in [2.24, 2.45) is 5.92 Å². The van der Waals surface area contributed by atoms with Gasteiger partial charge >= 0.3 is 0 Å². The Morgan fingerprint density at radius 2 is 2.39 bits per heavy atom. The minimum atomic E-state index is -0.204. The number of imidazole rings is 1. The topological polar surface area (TPSA) is 43.8 Å². The summed E-state index contributed by atoms with van der Waals surface area (Å²) in [5.74, 6) is 3.28. The van der Waals surface area contributed by atoms with Gasteiger partial charge in [-0.25, -0.2) is 9.37 Å². The number of thioether (sulfide) groups is 1. The summed E-state index contributed by atoms with van der Waals surface area (Å²) in [5, 5.41) is 0. The van der Waals surface area contributed by atoms with Crippen molar-refractivity contribution in [1.82, 2.24) is 9.55 Å². The van der Waals surface area contributed by atoms with Gasteiger partial charge in [0.2, 0.25) is 5.95 Å². The van der Waals surface area contributed by atoms with E-state index in [9.17, 15) is 4.39 Å². The maximum Gasteiger partial charge on any atom is 0.201 e. The van der Waals surface area contributed by atoms with Crippen molar-refractivity contribution in [3.63, 3.8) is 0 Å². The summed E-state index contributed by atoms with van der Waals surface area (Å²) in [4.78, 5) is 4.32. The van der Waals surface area contributed by atoms with Gasteiger partial charge in [-0.15, -0.1) is 0 Å². The minimum Gasteiger partial charge on any atom is -0.369 e. The first kappa shape index (κ1) is 12.5. The Morgan fingerprint density at radius 3 is 3.11 bits per heavy atom. The maximum atomic E-state index is 13.7. The number of anilines is 1. The van der Waals surface area contributed by atoms with E-state index in [1.165, 1.54) is 12.2 Å². The van der Waals surface area contributed by atoms with Crippen LogP contribution in [0, 0.1) is 15.3 Å². The number of fused-ring (bicyclic) bond motifs is 1. The number of benzene rings is 1. The third kappa shape index (κ3) is 2.20. The first-order chi connectivity index (χ1) is 8.65. The fourth-order valence-corrected chi connectivity index (χ4v) is 4.04. The number of rotatable bonds is 2. The van der Waals surface area contributed by atoms with Crippen LogP contribution in [0.3, 0.4) is 0 Å². The molecule has 0 radical (unpaired) electrons. The smallest absolute Gasteiger partial charge is 0.201 e. The van der Waals surface area contributed by atoms with Gasteiger partial charge in [0.15, 0.2) is 0 Å². The van der Waals surface area contributed by atoms with E-state index in [0.717, 1.165) is 23.3 Å². The van der Waals surface area contributed by atoms with Crippen molar-refractivity contribution in [2.45, 2.75) is 13.0 Å². The van der Waals surface area contributed by atoms with Crippen LogP contribution in [-0.2, 0) is 6.54 Å². The molecule has 0 bridgehead atoms. The van der Waals surface area contributed by atoms with Crippen LogP contribution in [0.25, 0.3) is 11.0 Å². The van der Waals surface area contributed by atoms with Crippen LogP contribution in [0.2, 0.25) is 0 Å². The van der Waals surface area contributed by atoms with Gasteiger partial charge in [-0.3, -0.25) is 0 Å². The molecule has 1 fully saturated rings. The molecule has 2 N–H and O–H groups in total. The van der Waals surface area contributed by atoms with Gasteiger partial charge in [-0.05, 0) is 52.5 Å². The van der Waals surface area contributed by atoms with Crippen LogP contribution in [0.4, 0.5) is 10.3 Å². The van der Waals surface area contributed by atoms with E-state index in [1.807, 2.05) is 38.9 Å². The van der Waals surface area contributed by atoms with Gasteiger partial charge in [0.1, 0.15) is 5.82 Å². The van der Waals surface area contributed by atoms with Crippen molar-refractivity contribution < 1.29 is 4.39 Å². The zero-order valence-corrected chi connectivity index (χ0v) is 12.7. The predicted molar refractivity (Wildman–Crippen MR) is 82.3 cm³/mol. The fraction of sp³-hybridized carbons (Fsp3) is 0.417. The number of hydrogen-bond donors (Lipinski definition) is 1. The lowest BCUT2D eigenvalue weighted by Gasteiger charge is -2.11. The molecule has 3 rings (SSSR count). The number of nitrogens with two attached hydrogens (primary N) is 1. The zero-order valence-electron chi connectivity index (χ0n) is 9.70. The Morgan fingerprint density at radius 1 is 1.56 bits per heavy atom. The first-order valence-electron chi connectivity index (χ1n) is 5.83. The van der Waals surface area contributed by atoms with Crippen LogP contribution >= 0.6 is 34.4 Å². The van der Waals surface area contributed by atoms with Crippen molar-refractivity contribution in [3.05, 3.63) is 21.5 Å². The van der Waals surface area contributed by atoms with Gasteiger partial charge in [0.05, 0.1) is 14.6 Å². The maximum absolute atomic E-state index is 13.7. The number of halogens is 2. The second kappa shape index (κ2) is 4.88. The Labute approximate surface area is 122 Å². The summed E-state index contributed by atoms with van der Waals surface area (Å²) in [7, 11) is 0. The standard InChI is InChI=1S/C12H13FIN3S/c13-8-3-11-10(4-9(8)14)16-12(15)17(11)5-7-1-2-18-6-7/h3-4,7H,1-2,5-6H2,(H2,15,16). The lowest BCUT2D eigenvalue weighted by Crippen LogP contribution is -2.12. The SMILES string of the molecule is Nc1nc2cc(I)c(F)cc2n1CC1CCSC1. The van der Waals surface area contributed by atoms with Gasteiger partial charge < -0.3 is 10.3 Å². The second-order valence-electron chi connectivity index (χ2n) is 4.57. The second-order valence-corrected chi connectivity index (χ2v) is 6.88. The fourth-order valence-electron chi connectivity index (χ4n) is 2.32. The average Bonchev–Trinajstić information content (AvgIpc) is 2.92. The van der Waals surface area contributed by atoms with Crippen LogP contribution in [-0.4, -0.2) is 21.1 Å². The van der Waals surface area contributed by atoms with Crippen LogP contribution in [0.1, 0.15) is 6.42 Å². The van der Waals surface area contributed by atoms with Crippen molar-refractivity contribution in [1.29, 1.82) is 0 Å². The zero-order chi connectivity index (χ0) is 12.7. The number of nitrogen functional groups attached to an aromatic ring is 1. The highest BCUT2D eigenvalue weighted by Crippen LogP contribution is 2.28. The molecule has 1 aliphatic heterocycles. The molecule has 1 aromatic heterocycles. The molecule has 2 heterocycles. The molecular formula is C12H13FIN3S.